The van der Waals surface area contributed by atoms with Crippen LogP contribution in [0.25, 0.3) is 0 Å². The largest absolute Gasteiger partial charge is 0.461 e. The molecule has 0 spiro atoms. The molecule has 3 rings (SSSR count). The Hall–Kier alpha value is -2.91. The first kappa shape index (κ1) is 16.0. The minimum atomic E-state index is -0.0492. The standard InChI is InChI=1S/C18H17N3O3/c19-12-14-3-5-15(6-4-14)18(23)21-9-7-20(8-10-21)13-16(22)17-2-1-11-24-17/h1-6,11H,7-10,13H2. The molecule has 1 aliphatic heterocycles. The quantitative estimate of drug-likeness (QED) is 0.802. The summed E-state index contributed by atoms with van der Waals surface area (Å²) in [5.74, 6) is 0.273. The molecular formula is C18H17N3O3. The molecule has 2 heterocycles. The number of furan rings is 1. The summed E-state index contributed by atoms with van der Waals surface area (Å²) in [6.45, 7) is 2.74. The van der Waals surface area contributed by atoms with Crippen molar-refractivity contribution in [1.29, 1.82) is 5.26 Å². The van der Waals surface area contributed by atoms with E-state index in [0.29, 0.717) is 49.6 Å². The van der Waals surface area contributed by atoms with Gasteiger partial charge in [0.1, 0.15) is 0 Å². The Kier molecular flexibility index (Phi) is 4.73. The molecule has 0 saturated carbocycles. The average Bonchev–Trinajstić information content (AvgIpc) is 3.17. The SMILES string of the molecule is N#Cc1ccc(C(=O)N2CCN(CC(=O)c3ccco3)CC2)cc1. The van der Waals surface area contributed by atoms with Crippen LogP contribution in [0, 0.1) is 11.3 Å². The molecule has 0 N–H and O–H groups in total. The summed E-state index contributed by atoms with van der Waals surface area (Å²) in [5.41, 5.74) is 1.11. The van der Waals surface area contributed by atoms with E-state index in [1.54, 1.807) is 41.3 Å². The molecule has 1 aromatic carbocycles. The number of hydrogen-bond donors (Lipinski definition) is 0. The van der Waals surface area contributed by atoms with Crippen molar-refractivity contribution >= 4 is 11.7 Å². The molecule has 0 unspecified atom stereocenters. The van der Waals surface area contributed by atoms with Crippen LogP contribution in [0.4, 0.5) is 0 Å². The zero-order chi connectivity index (χ0) is 16.9. The summed E-state index contributed by atoms with van der Waals surface area (Å²) in [4.78, 5) is 28.3. The number of rotatable bonds is 4. The molecule has 1 fully saturated rings. The first-order valence-electron chi connectivity index (χ1n) is 7.76. The number of amides is 1. The summed E-state index contributed by atoms with van der Waals surface area (Å²) in [7, 11) is 0. The normalized spacial score (nSPS) is 15.0. The van der Waals surface area contributed by atoms with Gasteiger partial charge in [0.15, 0.2) is 5.76 Å². The average molecular weight is 323 g/mol. The van der Waals surface area contributed by atoms with Crippen LogP contribution in [-0.4, -0.2) is 54.2 Å². The van der Waals surface area contributed by atoms with Gasteiger partial charge >= 0.3 is 0 Å². The van der Waals surface area contributed by atoms with Crippen molar-refractivity contribution in [2.45, 2.75) is 0 Å². The van der Waals surface area contributed by atoms with Crippen LogP contribution in [0.15, 0.2) is 47.1 Å². The van der Waals surface area contributed by atoms with E-state index in [2.05, 4.69) is 0 Å². The van der Waals surface area contributed by atoms with Gasteiger partial charge in [0.25, 0.3) is 5.91 Å². The number of ketones is 1. The molecule has 1 aromatic heterocycles. The van der Waals surface area contributed by atoms with Crippen LogP contribution in [-0.2, 0) is 0 Å². The number of hydrogen-bond acceptors (Lipinski definition) is 5. The summed E-state index contributed by atoms with van der Waals surface area (Å²) in [6, 6.07) is 12.0. The molecule has 24 heavy (non-hydrogen) atoms. The van der Waals surface area contributed by atoms with Gasteiger partial charge in [-0.15, -0.1) is 0 Å². The minimum absolute atomic E-state index is 0.0449. The van der Waals surface area contributed by atoms with Crippen molar-refractivity contribution in [3.05, 3.63) is 59.5 Å². The van der Waals surface area contributed by atoms with Crippen LogP contribution in [0.3, 0.4) is 0 Å². The third-order valence-corrected chi connectivity index (χ3v) is 4.08. The van der Waals surface area contributed by atoms with E-state index in [0.717, 1.165) is 0 Å². The van der Waals surface area contributed by atoms with Gasteiger partial charge in [0.05, 0.1) is 24.4 Å². The Morgan fingerprint density at radius 1 is 1.08 bits per heavy atom. The van der Waals surface area contributed by atoms with Gasteiger partial charge in [-0.05, 0) is 36.4 Å². The molecule has 2 aromatic rings. The molecule has 0 bridgehead atoms. The number of benzene rings is 1. The highest BCUT2D eigenvalue weighted by molar-refractivity contribution is 5.95. The van der Waals surface area contributed by atoms with E-state index in [4.69, 9.17) is 9.68 Å². The van der Waals surface area contributed by atoms with E-state index >= 15 is 0 Å². The van der Waals surface area contributed by atoms with Crippen LogP contribution in [0.2, 0.25) is 0 Å². The molecule has 1 aliphatic rings. The molecule has 0 radical (unpaired) electrons. The Morgan fingerprint density at radius 3 is 2.38 bits per heavy atom. The van der Waals surface area contributed by atoms with Crippen LogP contribution in [0.5, 0.6) is 0 Å². The van der Waals surface area contributed by atoms with Crippen LogP contribution < -0.4 is 0 Å². The van der Waals surface area contributed by atoms with Gasteiger partial charge in [0.2, 0.25) is 5.78 Å². The van der Waals surface area contributed by atoms with E-state index in [9.17, 15) is 9.59 Å². The van der Waals surface area contributed by atoms with Gasteiger partial charge in [-0.25, -0.2) is 0 Å². The van der Waals surface area contributed by atoms with Gasteiger partial charge in [0, 0.05) is 31.7 Å². The monoisotopic (exact) mass is 323 g/mol. The lowest BCUT2D eigenvalue weighted by atomic mass is 10.1. The van der Waals surface area contributed by atoms with Crippen LogP contribution in [0.1, 0.15) is 26.5 Å². The van der Waals surface area contributed by atoms with Crippen molar-refractivity contribution in [3.63, 3.8) is 0 Å². The van der Waals surface area contributed by atoms with Crippen molar-refractivity contribution in [3.8, 4) is 6.07 Å². The lowest BCUT2D eigenvalue weighted by Gasteiger charge is -2.34. The zero-order valence-electron chi connectivity index (χ0n) is 13.1. The van der Waals surface area contributed by atoms with Gasteiger partial charge in [-0.2, -0.15) is 5.26 Å². The highest BCUT2D eigenvalue weighted by Crippen LogP contribution is 2.11. The molecular weight excluding hydrogens is 306 g/mol. The van der Waals surface area contributed by atoms with Crippen molar-refractivity contribution in [1.82, 2.24) is 9.80 Å². The number of nitrogens with zero attached hydrogens (tertiary/aromatic N) is 3. The third-order valence-electron chi connectivity index (χ3n) is 4.08. The Labute approximate surface area is 139 Å². The lowest BCUT2D eigenvalue weighted by molar-refractivity contribution is 0.0620. The van der Waals surface area contributed by atoms with Crippen LogP contribution >= 0.6 is 0 Å². The van der Waals surface area contributed by atoms with Gasteiger partial charge < -0.3 is 9.32 Å². The number of carbonyl (C=O) groups is 2. The maximum atomic E-state index is 12.5. The molecule has 6 nitrogen and oxygen atoms in total. The summed E-state index contributed by atoms with van der Waals surface area (Å²) >= 11 is 0. The summed E-state index contributed by atoms with van der Waals surface area (Å²) in [5, 5.41) is 8.80. The molecule has 122 valence electrons. The topological polar surface area (TPSA) is 77.5 Å². The van der Waals surface area contributed by atoms with E-state index in [-0.39, 0.29) is 11.7 Å². The predicted octanol–water partition coefficient (Wildman–Crippen LogP) is 1.79. The molecule has 0 aliphatic carbocycles. The zero-order valence-corrected chi connectivity index (χ0v) is 13.1. The molecule has 1 amide bonds. The fourth-order valence-electron chi connectivity index (χ4n) is 2.70. The Bertz CT molecular complexity index is 752. The van der Waals surface area contributed by atoms with Crippen molar-refractivity contribution < 1.29 is 14.0 Å². The second kappa shape index (κ2) is 7.11. The highest BCUT2D eigenvalue weighted by atomic mass is 16.3. The molecule has 6 heteroatoms. The first-order chi connectivity index (χ1) is 11.7. The maximum absolute atomic E-state index is 12.5. The Morgan fingerprint density at radius 2 is 1.79 bits per heavy atom. The second-order valence-corrected chi connectivity index (χ2v) is 5.66. The van der Waals surface area contributed by atoms with Crippen molar-refractivity contribution in [2.75, 3.05) is 32.7 Å². The van der Waals surface area contributed by atoms with E-state index in [1.165, 1.54) is 6.26 Å². The fraction of sp³-hybridized carbons (Fsp3) is 0.278. The van der Waals surface area contributed by atoms with Crippen molar-refractivity contribution in [2.24, 2.45) is 0 Å². The predicted molar refractivity (Wildman–Crippen MR) is 86.5 cm³/mol. The number of Topliss-reactive ketones (excluding diaryl/α,β-unsaturated/α-hetero) is 1. The van der Waals surface area contributed by atoms with Gasteiger partial charge in [-0.3, -0.25) is 14.5 Å². The minimum Gasteiger partial charge on any atom is -0.461 e. The third kappa shape index (κ3) is 3.53. The highest BCUT2D eigenvalue weighted by Gasteiger charge is 2.24. The fourth-order valence-corrected chi connectivity index (χ4v) is 2.70. The first-order valence-corrected chi connectivity index (χ1v) is 7.76. The number of carbonyl (C=O) groups excluding carboxylic acids is 2. The Balaban J connectivity index is 1.53. The smallest absolute Gasteiger partial charge is 0.253 e. The summed E-state index contributed by atoms with van der Waals surface area (Å²) < 4.78 is 5.11. The second-order valence-electron chi connectivity index (χ2n) is 5.66. The number of nitriles is 1. The maximum Gasteiger partial charge on any atom is 0.253 e. The number of piperazine rings is 1. The summed E-state index contributed by atoms with van der Waals surface area (Å²) in [6.07, 6.45) is 1.49. The molecule has 1 saturated heterocycles. The molecule has 0 atom stereocenters. The van der Waals surface area contributed by atoms with E-state index in [1.807, 2.05) is 11.0 Å². The van der Waals surface area contributed by atoms with Gasteiger partial charge in [-0.1, -0.05) is 0 Å². The van der Waals surface area contributed by atoms with E-state index < -0.39 is 0 Å². The lowest BCUT2D eigenvalue weighted by Crippen LogP contribution is -2.49.